The third-order valence-corrected chi connectivity index (χ3v) is 3.12. The van der Waals surface area contributed by atoms with Crippen LogP contribution in [-0.4, -0.2) is 25.6 Å². The Hall–Kier alpha value is -2.27. The van der Waals surface area contributed by atoms with Crippen LogP contribution in [-0.2, 0) is 4.79 Å². The van der Waals surface area contributed by atoms with Gasteiger partial charge in [-0.05, 0) is 24.3 Å². The Morgan fingerprint density at radius 2 is 1.91 bits per heavy atom. The van der Waals surface area contributed by atoms with Gasteiger partial charge in [0.05, 0.1) is 23.8 Å². The first kappa shape index (κ1) is 16.1. The van der Waals surface area contributed by atoms with Crippen molar-refractivity contribution in [3.8, 4) is 5.75 Å². The lowest BCUT2D eigenvalue weighted by Crippen LogP contribution is -2.33. The van der Waals surface area contributed by atoms with E-state index in [2.05, 4.69) is 10.6 Å². The highest BCUT2D eigenvalue weighted by Crippen LogP contribution is 2.21. The minimum atomic E-state index is -0.565. The standard InChI is InChI=1S/C16H16ClFN2O2/c17-13-7-4-8-14(16(13)18)20-11-15(21)19-9-10-22-12-5-2-1-3-6-12/h1-8,20H,9-11H2,(H,19,21). The van der Waals surface area contributed by atoms with Crippen LogP contribution in [0.3, 0.4) is 0 Å². The van der Waals surface area contributed by atoms with Gasteiger partial charge in [-0.2, -0.15) is 0 Å². The average molecular weight is 323 g/mol. The second-order valence-corrected chi connectivity index (χ2v) is 4.87. The molecule has 6 heteroatoms. The molecule has 1 amide bonds. The van der Waals surface area contributed by atoms with Crippen LogP contribution in [0.1, 0.15) is 0 Å². The summed E-state index contributed by atoms with van der Waals surface area (Å²) in [5.41, 5.74) is 0.197. The minimum absolute atomic E-state index is 0.0154. The Labute approximate surface area is 133 Å². The number of carbonyl (C=O) groups excluding carboxylic acids is 1. The van der Waals surface area contributed by atoms with Crippen molar-refractivity contribution >= 4 is 23.2 Å². The molecule has 0 fully saturated rings. The van der Waals surface area contributed by atoms with Gasteiger partial charge in [0.2, 0.25) is 5.91 Å². The molecule has 4 nitrogen and oxygen atoms in total. The van der Waals surface area contributed by atoms with Crippen molar-refractivity contribution in [3.63, 3.8) is 0 Å². The normalized spacial score (nSPS) is 10.1. The topological polar surface area (TPSA) is 50.4 Å². The molecule has 2 N–H and O–H groups in total. The van der Waals surface area contributed by atoms with E-state index in [1.165, 1.54) is 12.1 Å². The van der Waals surface area contributed by atoms with Gasteiger partial charge in [0.15, 0.2) is 5.82 Å². The molecule has 0 aliphatic rings. The summed E-state index contributed by atoms with van der Waals surface area (Å²) in [6, 6.07) is 13.9. The molecule has 0 unspecified atom stereocenters. The van der Waals surface area contributed by atoms with Gasteiger partial charge in [0, 0.05) is 0 Å². The van der Waals surface area contributed by atoms with E-state index in [1.807, 2.05) is 30.3 Å². The lowest BCUT2D eigenvalue weighted by molar-refractivity contribution is -0.119. The van der Waals surface area contributed by atoms with Crippen molar-refractivity contribution in [1.29, 1.82) is 0 Å². The molecule has 2 rings (SSSR count). The SMILES string of the molecule is O=C(CNc1cccc(Cl)c1F)NCCOc1ccccc1. The zero-order valence-electron chi connectivity index (χ0n) is 11.8. The highest BCUT2D eigenvalue weighted by molar-refractivity contribution is 6.31. The van der Waals surface area contributed by atoms with E-state index in [1.54, 1.807) is 6.07 Å². The van der Waals surface area contributed by atoms with Crippen molar-refractivity contribution < 1.29 is 13.9 Å². The number of hydrogen-bond acceptors (Lipinski definition) is 3. The molecule has 22 heavy (non-hydrogen) atoms. The smallest absolute Gasteiger partial charge is 0.239 e. The van der Waals surface area contributed by atoms with Gasteiger partial charge in [-0.1, -0.05) is 35.9 Å². The summed E-state index contributed by atoms with van der Waals surface area (Å²) >= 11 is 5.66. The van der Waals surface area contributed by atoms with Crippen molar-refractivity contribution in [2.24, 2.45) is 0 Å². The summed E-state index contributed by atoms with van der Waals surface area (Å²) in [6.45, 7) is 0.692. The van der Waals surface area contributed by atoms with E-state index < -0.39 is 5.82 Å². The molecule has 116 valence electrons. The molecule has 0 heterocycles. The quantitative estimate of drug-likeness (QED) is 0.770. The van der Waals surface area contributed by atoms with Crippen LogP contribution < -0.4 is 15.4 Å². The lowest BCUT2D eigenvalue weighted by Gasteiger charge is -2.10. The van der Waals surface area contributed by atoms with Gasteiger partial charge in [-0.25, -0.2) is 4.39 Å². The molecule has 0 saturated carbocycles. The molecular weight excluding hydrogens is 307 g/mol. The molecule has 0 spiro atoms. The predicted molar refractivity (Wildman–Crippen MR) is 84.8 cm³/mol. The second kappa shape index (κ2) is 8.24. The molecule has 2 aromatic carbocycles. The number of hydrogen-bond donors (Lipinski definition) is 2. The lowest BCUT2D eigenvalue weighted by atomic mass is 10.3. The van der Waals surface area contributed by atoms with Crippen molar-refractivity contribution in [1.82, 2.24) is 5.32 Å². The summed E-state index contributed by atoms with van der Waals surface area (Å²) in [5.74, 6) is -0.0729. The van der Waals surface area contributed by atoms with E-state index in [0.29, 0.717) is 13.2 Å². The van der Waals surface area contributed by atoms with Crippen LogP contribution in [0.2, 0.25) is 5.02 Å². The maximum absolute atomic E-state index is 13.6. The molecular formula is C16H16ClFN2O2. The summed E-state index contributed by atoms with van der Waals surface area (Å²) in [5, 5.41) is 5.39. The van der Waals surface area contributed by atoms with Gasteiger partial charge in [0.25, 0.3) is 0 Å². The fourth-order valence-electron chi connectivity index (χ4n) is 1.75. The number of nitrogens with one attached hydrogen (secondary N) is 2. The molecule has 0 radical (unpaired) electrons. The number of amides is 1. The average Bonchev–Trinajstić information content (AvgIpc) is 2.54. The van der Waals surface area contributed by atoms with E-state index in [0.717, 1.165) is 5.75 Å². The maximum atomic E-state index is 13.6. The van der Waals surface area contributed by atoms with Crippen molar-refractivity contribution in [2.45, 2.75) is 0 Å². The van der Waals surface area contributed by atoms with Crippen LogP contribution in [0.25, 0.3) is 0 Å². The fourth-order valence-corrected chi connectivity index (χ4v) is 1.93. The Bertz CT molecular complexity index is 623. The Morgan fingerprint density at radius 1 is 1.14 bits per heavy atom. The number of halogens is 2. The minimum Gasteiger partial charge on any atom is -0.492 e. The number of para-hydroxylation sites is 1. The Balaban J connectivity index is 1.67. The highest BCUT2D eigenvalue weighted by atomic mass is 35.5. The zero-order valence-corrected chi connectivity index (χ0v) is 12.6. The molecule has 0 bridgehead atoms. The van der Waals surface area contributed by atoms with Crippen molar-refractivity contribution in [3.05, 3.63) is 59.4 Å². The third-order valence-electron chi connectivity index (χ3n) is 2.83. The van der Waals surface area contributed by atoms with Crippen LogP contribution in [0.5, 0.6) is 5.75 Å². The number of anilines is 1. The van der Waals surface area contributed by atoms with Gasteiger partial charge >= 0.3 is 0 Å². The van der Waals surface area contributed by atoms with E-state index in [-0.39, 0.29) is 23.2 Å². The molecule has 2 aromatic rings. The predicted octanol–water partition coefficient (Wildman–Crippen LogP) is 3.09. The van der Waals surface area contributed by atoms with Gasteiger partial charge in [0.1, 0.15) is 12.4 Å². The number of rotatable bonds is 7. The van der Waals surface area contributed by atoms with Crippen LogP contribution in [0.4, 0.5) is 10.1 Å². The Morgan fingerprint density at radius 3 is 2.68 bits per heavy atom. The molecule has 0 saturated heterocycles. The van der Waals surface area contributed by atoms with Gasteiger partial charge in [-0.3, -0.25) is 4.79 Å². The number of ether oxygens (including phenoxy) is 1. The number of carbonyl (C=O) groups is 1. The molecule has 0 aliphatic heterocycles. The van der Waals surface area contributed by atoms with Gasteiger partial charge in [-0.15, -0.1) is 0 Å². The van der Waals surface area contributed by atoms with Crippen LogP contribution >= 0.6 is 11.6 Å². The van der Waals surface area contributed by atoms with Crippen LogP contribution in [0, 0.1) is 5.82 Å². The first-order chi connectivity index (χ1) is 10.7. The summed E-state index contributed by atoms with van der Waals surface area (Å²) in [6.07, 6.45) is 0. The summed E-state index contributed by atoms with van der Waals surface area (Å²) in [4.78, 5) is 11.6. The largest absolute Gasteiger partial charge is 0.492 e. The second-order valence-electron chi connectivity index (χ2n) is 4.47. The first-order valence-electron chi connectivity index (χ1n) is 6.79. The molecule has 0 atom stereocenters. The third kappa shape index (κ3) is 4.93. The highest BCUT2D eigenvalue weighted by Gasteiger charge is 2.07. The fraction of sp³-hybridized carbons (Fsp3) is 0.188. The maximum Gasteiger partial charge on any atom is 0.239 e. The summed E-state index contributed by atoms with van der Waals surface area (Å²) in [7, 11) is 0. The van der Waals surface area contributed by atoms with E-state index in [9.17, 15) is 9.18 Å². The molecule has 0 aliphatic carbocycles. The van der Waals surface area contributed by atoms with E-state index in [4.69, 9.17) is 16.3 Å². The Kier molecular flexibility index (Phi) is 6.03. The van der Waals surface area contributed by atoms with E-state index >= 15 is 0 Å². The van der Waals surface area contributed by atoms with Gasteiger partial charge < -0.3 is 15.4 Å². The molecule has 0 aromatic heterocycles. The number of benzene rings is 2. The van der Waals surface area contributed by atoms with Crippen molar-refractivity contribution in [2.75, 3.05) is 25.0 Å². The van der Waals surface area contributed by atoms with Crippen LogP contribution in [0.15, 0.2) is 48.5 Å². The summed E-state index contributed by atoms with van der Waals surface area (Å²) < 4.78 is 19.0. The monoisotopic (exact) mass is 322 g/mol. The first-order valence-corrected chi connectivity index (χ1v) is 7.17. The zero-order chi connectivity index (χ0) is 15.8.